The topological polar surface area (TPSA) is 20.2 Å². The van der Waals surface area contributed by atoms with Crippen LogP contribution in [0.25, 0.3) is 0 Å². The van der Waals surface area contributed by atoms with Crippen molar-refractivity contribution in [1.29, 1.82) is 0 Å². The molecule has 1 N–H and O–H groups in total. The van der Waals surface area contributed by atoms with Crippen LogP contribution >= 0.6 is 11.6 Å². The zero-order valence-electron chi connectivity index (χ0n) is 8.10. The maximum absolute atomic E-state index is 8.69. The molecule has 13 heavy (non-hydrogen) atoms. The second-order valence-corrected chi connectivity index (χ2v) is 3.75. The van der Waals surface area contributed by atoms with Crippen LogP contribution in [-0.4, -0.2) is 11.7 Å². The molecule has 1 aromatic rings. The lowest BCUT2D eigenvalue weighted by molar-refractivity contribution is 0.288. The van der Waals surface area contributed by atoms with Gasteiger partial charge in [-0.1, -0.05) is 17.7 Å². The standard InChI is InChI=1S/C11H15ClO/c1-8-6-10(4-3-5-13)7-11(12)9(8)2/h6-7,13H,3-5H2,1-2H3. The minimum atomic E-state index is 0.241. The summed E-state index contributed by atoms with van der Waals surface area (Å²) in [5.41, 5.74) is 3.58. The number of aliphatic hydroxyl groups is 1. The van der Waals surface area contributed by atoms with E-state index in [0.717, 1.165) is 23.4 Å². The van der Waals surface area contributed by atoms with Crippen molar-refractivity contribution in [1.82, 2.24) is 0 Å². The number of rotatable bonds is 3. The van der Waals surface area contributed by atoms with Crippen molar-refractivity contribution in [2.45, 2.75) is 26.7 Å². The molecule has 0 bridgehead atoms. The highest BCUT2D eigenvalue weighted by Crippen LogP contribution is 2.21. The van der Waals surface area contributed by atoms with E-state index in [4.69, 9.17) is 16.7 Å². The molecule has 0 aromatic heterocycles. The van der Waals surface area contributed by atoms with E-state index in [0.29, 0.717) is 0 Å². The molecule has 0 spiro atoms. The maximum atomic E-state index is 8.69. The van der Waals surface area contributed by atoms with Gasteiger partial charge in [0, 0.05) is 11.6 Å². The molecule has 0 fully saturated rings. The molecule has 0 unspecified atom stereocenters. The third-order valence-electron chi connectivity index (χ3n) is 2.29. The van der Waals surface area contributed by atoms with E-state index in [1.54, 1.807) is 0 Å². The van der Waals surface area contributed by atoms with Crippen LogP contribution in [0.1, 0.15) is 23.1 Å². The lowest BCUT2D eigenvalue weighted by Crippen LogP contribution is -1.92. The summed E-state index contributed by atoms with van der Waals surface area (Å²) in [5, 5.41) is 9.51. The Hall–Kier alpha value is -0.530. The molecule has 0 saturated heterocycles. The Morgan fingerprint density at radius 2 is 2.00 bits per heavy atom. The van der Waals surface area contributed by atoms with Crippen molar-refractivity contribution in [3.63, 3.8) is 0 Å². The fourth-order valence-corrected chi connectivity index (χ4v) is 1.60. The summed E-state index contributed by atoms with van der Waals surface area (Å²) in [6.45, 7) is 4.32. The average Bonchev–Trinajstić information content (AvgIpc) is 2.10. The van der Waals surface area contributed by atoms with Crippen LogP contribution in [0, 0.1) is 13.8 Å². The number of benzene rings is 1. The minimum Gasteiger partial charge on any atom is -0.396 e. The summed E-state index contributed by atoms with van der Waals surface area (Å²) >= 11 is 6.04. The van der Waals surface area contributed by atoms with Gasteiger partial charge in [-0.15, -0.1) is 0 Å². The van der Waals surface area contributed by atoms with E-state index in [9.17, 15) is 0 Å². The van der Waals surface area contributed by atoms with Crippen LogP contribution < -0.4 is 0 Å². The first-order chi connectivity index (χ1) is 6.15. The first-order valence-electron chi connectivity index (χ1n) is 4.51. The van der Waals surface area contributed by atoms with Gasteiger partial charge >= 0.3 is 0 Å². The quantitative estimate of drug-likeness (QED) is 0.792. The first-order valence-corrected chi connectivity index (χ1v) is 4.89. The fraction of sp³-hybridized carbons (Fsp3) is 0.455. The molecule has 0 radical (unpaired) electrons. The second-order valence-electron chi connectivity index (χ2n) is 3.35. The monoisotopic (exact) mass is 198 g/mol. The molecule has 0 heterocycles. The summed E-state index contributed by atoms with van der Waals surface area (Å²) in [7, 11) is 0. The third kappa shape index (κ3) is 2.71. The number of aliphatic hydroxyl groups excluding tert-OH is 1. The number of halogens is 1. The summed E-state index contributed by atoms with van der Waals surface area (Å²) in [5.74, 6) is 0. The number of hydrogen-bond donors (Lipinski definition) is 1. The van der Waals surface area contributed by atoms with Crippen LogP contribution in [0.15, 0.2) is 12.1 Å². The van der Waals surface area contributed by atoms with Gasteiger partial charge in [0.1, 0.15) is 0 Å². The van der Waals surface area contributed by atoms with Gasteiger partial charge in [0.05, 0.1) is 0 Å². The van der Waals surface area contributed by atoms with Crippen LogP contribution in [-0.2, 0) is 6.42 Å². The van der Waals surface area contributed by atoms with Gasteiger partial charge in [-0.25, -0.2) is 0 Å². The van der Waals surface area contributed by atoms with E-state index in [-0.39, 0.29) is 6.61 Å². The zero-order valence-corrected chi connectivity index (χ0v) is 8.86. The molecule has 0 amide bonds. The van der Waals surface area contributed by atoms with Gasteiger partial charge in [-0.3, -0.25) is 0 Å². The fourth-order valence-electron chi connectivity index (χ4n) is 1.31. The van der Waals surface area contributed by atoms with Gasteiger partial charge in [0.25, 0.3) is 0 Å². The van der Waals surface area contributed by atoms with Gasteiger partial charge in [0.2, 0.25) is 0 Å². The zero-order chi connectivity index (χ0) is 9.84. The van der Waals surface area contributed by atoms with Gasteiger partial charge in [-0.05, 0) is 49.4 Å². The smallest absolute Gasteiger partial charge is 0.0440 e. The van der Waals surface area contributed by atoms with Crippen molar-refractivity contribution in [2.75, 3.05) is 6.61 Å². The van der Waals surface area contributed by atoms with Crippen molar-refractivity contribution in [3.05, 3.63) is 33.8 Å². The highest BCUT2D eigenvalue weighted by atomic mass is 35.5. The molecule has 0 aliphatic carbocycles. The van der Waals surface area contributed by atoms with E-state index in [1.165, 1.54) is 11.1 Å². The summed E-state index contributed by atoms with van der Waals surface area (Å²) in [4.78, 5) is 0. The highest BCUT2D eigenvalue weighted by Gasteiger charge is 2.01. The van der Waals surface area contributed by atoms with Crippen LogP contribution in [0.3, 0.4) is 0 Å². The third-order valence-corrected chi connectivity index (χ3v) is 2.68. The first kappa shape index (κ1) is 10.6. The van der Waals surface area contributed by atoms with Crippen molar-refractivity contribution in [3.8, 4) is 0 Å². The SMILES string of the molecule is Cc1cc(CCCO)cc(Cl)c1C. The molecule has 1 rings (SSSR count). The van der Waals surface area contributed by atoms with Crippen molar-refractivity contribution in [2.24, 2.45) is 0 Å². The molecule has 2 heteroatoms. The molecule has 0 aliphatic rings. The van der Waals surface area contributed by atoms with E-state index in [1.807, 2.05) is 13.0 Å². The van der Waals surface area contributed by atoms with Crippen LogP contribution in [0.5, 0.6) is 0 Å². The minimum absolute atomic E-state index is 0.241. The Balaban J connectivity index is 2.86. The van der Waals surface area contributed by atoms with Crippen LogP contribution in [0.4, 0.5) is 0 Å². The van der Waals surface area contributed by atoms with E-state index < -0.39 is 0 Å². The van der Waals surface area contributed by atoms with Crippen molar-refractivity contribution < 1.29 is 5.11 Å². The summed E-state index contributed by atoms with van der Waals surface area (Å²) < 4.78 is 0. The predicted octanol–water partition coefficient (Wildman–Crippen LogP) is 2.88. The largest absolute Gasteiger partial charge is 0.396 e. The highest BCUT2D eigenvalue weighted by molar-refractivity contribution is 6.31. The maximum Gasteiger partial charge on any atom is 0.0440 e. The second kappa shape index (κ2) is 4.64. The molecule has 72 valence electrons. The normalized spacial score (nSPS) is 10.5. The van der Waals surface area contributed by atoms with E-state index >= 15 is 0 Å². The number of aryl methyl sites for hydroxylation is 2. The van der Waals surface area contributed by atoms with Crippen LogP contribution in [0.2, 0.25) is 5.02 Å². The summed E-state index contributed by atoms with van der Waals surface area (Å²) in [6, 6.07) is 4.12. The predicted molar refractivity (Wildman–Crippen MR) is 56.3 cm³/mol. The number of hydrogen-bond acceptors (Lipinski definition) is 1. The van der Waals surface area contributed by atoms with Gasteiger partial charge < -0.3 is 5.11 Å². The van der Waals surface area contributed by atoms with Crippen molar-refractivity contribution >= 4 is 11.6 Å². The van der Waals surface area contributed by atoms with Gasteiger partial charge in [-0.2, -0.15) is 0 Å². The molecule has 0 aliphatic heterocycles. The Morgan fingerprint density at radius 1 is 1.31 bits per heavy atom. The van der Waals surface area contributed by atoms with E-state index in [2.05, 4.69) is 13.0 Å². The molecule has 0 saturated carbocycles. The molecule has 0 atom stereocenters. The summed E-state index contributed by atoms with van der Waals surface area (Å²) in [6.07, 6.45) is 1.70. The van der Waals surface area contributed by atoms with Gasteiger partial charge in [0.15, 0.2) is 0 Å². The Kier molecular flexibility index (Phi) is 3.76. The average molecular weight is 199 g/mol. The molecule has 1 nitrogen and oxygen atoms in total. The lowest BCUT2D eigenvalue weighted by atomic mass is 10.0. The Labute approximate surface area is 84.4 Å². The Bertz CT molecular complexity index is 271. The Morgan fingerprint density at radius 3 is 2.54 bits per heavy atom. The molecular weight excluding hydrogens is 184 g/mol. The molecule has 1 aromatic carbocycles. The molecular formula is C11H15ClO. The lowest BCUT2D eigenvalue weighted by Gasteiger charge is -2.06.